The smallest absolute Gasteiger partial charge is 0.164 e. The second-order valence-electron chi connectivity index (χ2n) is 24.1. The fourth-order valence-corrected chi connectivity index (χ4v) is 12.0. The Kier molecular flexibility index (Phi) is 20.6. The number of benzene rings is 10. The van der Waals surface area contributed by atoms with Gasteiger partial charge >= 0.3 is 0 Å². The van der Waals surface area contributed by atoms with Gasteiger partial charge in [-0.05, 0) is 183 Å². The quantitative estimate of drug-likeness (QED) is 0.153. The number of nitrogens with zero attached hydrogens (tertiary/aromatic N) is 6. The molecule has 94 heavy (non-hydrogen) atoms. The molecule has 0 bridgehead atoms. The molecule has 0 aliphatic heterocycles. The highest BCUT2D eigenvalue weighted by Crippen LogP contribution is 2.34. The first-order chi connectivity index (χ1) is 45.1. The van der Waals surface area contributed by atoms with E-state index in [0.717, 1.165) is 62.4 Å². The SMILES string of the molecule is Cc1cc(F)c(C)c(F)c1F.Cc1ccc2c(c1)c1ccccc1n2C.Cc1ccc2c(c1)oc1cc(C)ccc12.Cc1ccc2c3ccccc3n(C)c2c1.Cc1cccc(C)n1.Cc1nc(C)c2ccccc2c1-c1ccccc1.Cc1nc(C)c2ccccc2n1. The van der Waals surface area contributed by atoms with Crippen LogP contribution in [-0.4, -0.2) is 29.1 Å². The molecule has 16 aromatic rings. The van der Waals surface area contributed by atoms with E-state index in [-0.39, 0.29) is 11.1 Å². The molecule has 0 radical (unpaired) electrons. The van der Waals surface area contributed by atoms with Gasteiger partial charge < -0.3 is 13.6 Å². The number of aromatic nitrogens is 6. The van der Waals surface area contributed by atoms with Gasteiger partial charge in [0.2, 0.25) is 0 Å². The van der Waals surface area contributed by atoms with Crippen LogP contribution in [0.5, 0.6) is 0 Å². The Morgan fingerprint density at radius 2 is 0.777 bits per heavy atom. The lowest BCUT2D eigenvalue weighted by atomic mass is 9.96. The Bertz CT molecular complexity index is 5270. The standard InChI is InChI=1S/C17H15N.2C14H13N.C14H12O.C10H10N2.C8H7F3.C7H9N/c1-12-15-10-6-7-11-16(15)17(13(2)18-12)14-8-4-3-5-9-14;1-10-7-8-14-12(9-10)11-5-3-4-6-13(11)15(14)2;1-10-7-8-12-11-5-3-4-6-13(11)15(2)14(12)9-10;1-9-3-5-11-12-6-4-10(2)8-14(12)15-13(11)7-9;1-7-9-5-3-4-6-10(9)12-8(2)11-7;1-4-3-6(9)5(2)8(11)7(4)10;1-6-4-3-5-7(2)8-6/h3-11H,1-2H3;2*3-9H,1-2H3;3-8H,1-2H3;3-6H,1-2H3;3H,1-2H3;3-5H,1-2H3. The van der Waals surface area contributed by atoms with E-state index in [4.69, 9.17) is 4.42 Å². The van der Waals surface area contributed by atoms with Gasteiger partial charge in [0, 0.05) is 119 Å². The predicted octanol–water partition coefficient (Wildman–Crippen LogP) is 22.7. The summed E-state index contributed by atoms with van der Waals surface area (Å²) in [6, 6.07) is 77.1. The average Bonchev–Trinajstić information content (AvgIpc) is 1.56. The van der Waals surface area contributed by atoms with Crippen LogP contribution < -0.4 is 0 Å². The van der Waals surface area contributed by atoms with Gasteiger partial charge in [-0.25, -0.2) is 23.1 Å². The van der Waals surface area contributed by atoms with Crippen LogP contribution in [0.25, 0.3) is 98.4 Å². The number of aryl methyl sites for hydroxylation is 13. The predicted molar refractivity (Wildman–Crippen MR) is 389 cm³/mol. The molecule has 0 N–H and O–H groups in total. The van der Waals surface area contributed by atoms with Gasteiger partial charge in [0.15, 0.2) is 11.6 Å². The molecule has 0 fully saturated rings. The fraction of sp³-hybridized carbons (Fsp3) is 0.167. The van der Waals surface area contributed by atoms with Crippen molar-refractivity contribution in [3.8, 4) is 11.1 Å². The van der Waals surface area contributed by atoms with Crippen LogP contribution in [0.4, 0.5) is 13.2 Å². The summed E-state index contributed by atoms with van der Waals surface area (Å²) in [5.41, 5.74) is 21.0. The van der Waals surface area contributed by atoms with E-state index in [1.165, 1.54) is 112 Å². The number of fused-ring (bicyclic) bond motifs is 11. The molecule has 6 heterocycles. The monoisotopic (exact) mass is 1240 g/mol. The summed E-state index contributed by atoms with van der Waals surface area (Å²) in [6.07, 6.45) is 0. The van der Waals surface area contributed by atoms with Crippen LogP contribution in [0.1, 0.15) is 67.7 Å². The summed E-state index contributed by atoms with van der Waals surface area (Å²) in [5.74, 6) is -1.93. The Labute approximate surface area is 548 Å². The molecule has 0 aliphatic carbocycles. The summed E-state index contributed by atoms with van der Waals surface area (Å²) in [4.78, 5) is 17.5. The van der Waals surface area contributed by atoms with Crippen LogP contribution in [0.2, 0.25) is 0 Å². The van der Waals surface area contributed by atoms with Crippen molar-refractivity contribution in [2.75, 3.05) is 0 Å². The van der Waals surface area contributed by atoms with Gasteiger partial charge in [-0.2, -0.15) is 0 Å². The highest BCUT2D eigenvalue weighted by atomic mass is 19.2. The summed E-state index contributed by atoms with van der Waals surface area (Å²) >= 11 is 0. The molecule has 0 unspecified atom stereocenters. The maximum atomic E-state index is 12.6. The lowest BCUT2D eigenvalue weighted by Gasteiger charge is -2.12. The zero-order valence-electron chi connectivity index (χ0n) is 56.1. The van der Waals surface area contributed by atoms with Crippen LogP contribution in [0.3, 0.4) is 0 Å². The summed E-state index contributed by atoms with van der Waals surface area (Å²) in [7, 11) is 4.25. The number of pyridine rings is 2. The Morgan fingerprint density at radius 3 is 1.37 bits per heavy atom. The van der Waals surface area contributed by atoms with E-state index in [2.05, 4.69) is 255 Å². The maximum Gasteiger partial charge on any atom is 0.164 e. The number of hydrogen-bond donors (Lipinski definition) is 0. The number of halogens is 3. The molecule has 472 valence electrons. The van der Waals surface area contributed by atoms with Crippen LogP contribution in [-0.2, 0) is 14.1 Å². The first-order valence-electron chi connectivity index (χ1n) is 31.5. The van der Waals surface area contributed by atoms with Gasteiger partial charge in [-0.15, -0.1) is 0 Å². The number of rotatable bonds is 1. The topological polar surface area (TPSA) is 74.6 Å². The van der Waals surface area contributed by atoms with Crippen molar-refractivity contribution in [3.05, 3.63) is 310 Å². The van der Waals surface area contributed by atoms with Crippen molar-refractivity contribution in [2.45, 2.75) is 83.1 Å². The van der Waals surface area contributed by atoms with Gasteiger partial charge in [0.25, 0.3) is 0 Å². The maximum absolute atomic E-state index is 12.6. The first-order valence-corrected chi connectivity index (χ1v) is 31.5. The Morgan fingerprint density at radius 1 is 0.319 bits per heavy atom. The van der Waals surface area contributed by atoms with Gasteiger partial charge in [-0.3, -0.25) is 9.97 Å². The van der Waals surface area contributed by atoms with E-state index in [9.17, 15) is 13.2 Å². The van der Waals surface area contributed by atoms with Crippen LogP contribution in [0.15, 0.2) is 229 Å². The molecular weight excluding hydrogens is 1170 g/mol. The normalized spacial score (nSPS) is 10.8. The lowest BCUT2D eigenvalue weighted by molar-refractivity contribution is 0.480. The van der Waals surface area contributed by atoms with Crippen molar-refractivity contribution in [3.63, 3.8) is 0 Å². The lowest BCUT2D eigenvalue weighted by Crippen LogP contribution is -1.96. The Hall–Kier alpha value is -10.7. The van der Waals surface area contributed by atoms with Crippen molar-refractivity contribution < 1.29 is 17.6 Å². The van der Waals surface area contributed by atoms with E-state index in [1.807, 2.05) is 76.2 Å². The zero-order valence-corrected chi connectivity index (χ0v) is 56.1. The molecule has 0 spiro atoms. The molecule has 0 aliphatic rings. The van der Waals surface area contributed by atoms with Crippen molar-refractivity contribution >= 4 is 87.2 Å². The van der Waals surface area contributed by atoms with Crippen LogP contribution >= 0.6 is 0 Å². The third-order valence-corrected chi connectivity index (χ3v) is 16.8. The van der Waals surface area contributed by atoms with Crippen molar-refractivity contribution in [2.24, 2.45) is 14.1 Å². The molecule has 7 nitrogen and oxygen atoms in total. The average molecular weight is 1250 g/mol. The molecule has 0 amide bonds. The summed E-state index contributed by atoms with van der Waals surface area (Å²) < 4.78 is 48.2. The number of furan rings is 1. The molecule has 0 atom stereocenters. The first kappa shape index (κ1) is 66.2. The summed E-state index contributed by atoms with van der Waals surface area (Å²) in [6.45, 7) is 23.0. The van der Waals surface area contributed by atoms with Gasteiger partial charge in [0.1, 0.15) is 22.8 Å². The molecule has 10 heteroatoms. The number of hydrogen-bond acceptors (Lipinski definition) is 5. The second kappa shape index (κ2) is 29.3. The largest absolute Gasteiger partial charge is 0.456 e. The zero-order chi connectivity index (χ0) is 66.9. The molecule has 6 aromatic heterocycles. The third kappa shape index (κ3) is 14.9. The second-order valence-corrected chi connectivity index (χ2v) is 24.1. The summed E-state index contributed by atoms with van der Waals surface area (Å²) in [5, 5.41) is 11.5. The molecule has 16 rings (SSSR count). The number of para-hydroxylation sites is 3. The fourth-order valence-electron chi connectivity index (χ4n) is 12.0. The van der Waals surface area contributed by atoms with E-state index >= 15 is 0 Å². The minimum atomic E-state index is -1.09. The van der Waals surface area contributed by atoms with Gasteiger partial charge in [-0.1, -0.05) is 163 Å². The van der Waals surface area contributed by atoms with E-state index in [0.29, 0.717) is 0 Å². The molecule has 0 saturated carbocycles. The third-order valence-electron chi connectivity index (χ3n) is 16.8. The highest BCUT2D eigenvalue weighted by Gasteiger charge is 2.14. The molecule has 10 aromatic carbocycles. The minimum Gasteiger partial charge on any atom is -0.456 e. The van der Waals surface area contributed by atoms with Crippen molar-refractivity contribution in [1.29, 1.82) is 0 Å². The van der Waals surface area contributed by atoms with E-state index < -0.39 is 17.5 Å². The highest BCUT2D eigenvalue weighted by molar-refractivity contribution is 6.09. The van der Waals surface area contributed by atoms with Gasteiger partial charge in [0.05, 0.1) is 5.52 Å². The minimum absolute atomic E-state index is 0.00870. The van der Waals surface area contributed by atoms with E-state index in [1.54, 1.807) is 0 Å². The van der Waals surface area contributed by atoms with Crippen molar-refractivity contribution in [1.82, 2.24) is 29.1 Å². The molecular formula is C84H79F3N6O. The Balaban J connectivity index is 0.000000121. The molecule has 0 saturated heterocycles. The van der Waals surface area contributed by atoms with Crippen LogP contribution in [0, 0.1) is 101 Å².